The number of hydrogen-bond acceptors (Lipinski definition) is 7. The van der Waals surface area contributed by atoms with Crippen LogP contribution in [0.2, 0.25) is 0 Å². The molecule has 0 saturated heterocycles. The van der Waals surface area contributed by atoms with Gasteiger partial charge in [-0.05, 0) is 61.0 Å². The van der Waals surface area contributed by atoms with Crippen LogP contribution in [0.5, 0.6) is 11.5 Å². The quantitative estimate of drug-likeness (QED) is 0.309. The molecule has 11 heteroatoms. The van der Waals surface area contributed by atoms with Crippen molar-refractivity contribution in [3.63, 3.8) is 0 Å². The number of benzene rings is 3. The summed E-state index contributed by atoms with van der Waals surface area (Å²) in [5, 5.41) is 6.79. The van der Waals surface area contributed by atoms with E-state index in [2.05, 4.69) is 15.8 Å². The Kier molecular flexibility index (Phi) is 8.86. The highest BCUT2D eigenvalue weighted by molar-refractivity contribution is 7.92. The van der Waals surface area contributed by atoms with E-state index in [9.17, 15) is 18.0 Å². The number of para-hydroxylation sites is 2. The predicted molar refractivity (Wildman–Crippen MR) is 142 cm³/mol. The normalized spacial score (nSPS) is 11.4. The Labute approximate surface area is 216 Å². The summed E-state index contributed by atoms with van der Waals surface area (Å²) in [6.45, 7) is 2.56. The molecule has 0 spiro atoms. The molecule has 0 unspecified atom stereocenters. The lowest BCUT2D eigenvalue weighted by Crippen LogP contribution is -2.40. The van der Waals surface area contributed by atoms with Crippen molar-refractivity contribution in [2.45, 2.75) is 18.7 Å². The Morgan fingerprint density at radius 1 is 0.892 bits per heavy atom. The second kappa shape index (κ2) is 12.0. The van der Waals surface area contributed by atoms with Gasteiger partial charge in [-0.15, -0.1) is 0 Å². The third kappa shape index (κ3) is 6.85. The Bertz CT molecular complexity index is 1390. The Balaban J connectivity index is 1.86. The minimum Gasteiger partial charge on any atom is -0.497 e. The van der Waals surface area contributed by atoms with Crippen molar-refractivity contribution in [2.24, 2.45) is 5.10 Å². The van der Waals surface area contributed by atoms with Crippen LogP contribution in [0, 0.1) is 0 Å². The number of hydrazone groups is 1. The van der Waals surface area contributed by atoms with E-state index in [1.807, 2.05) is 0 Å². The number of carbonyl (C=O) groups is 2. The van der Waals surface area contributed by atoms with Crippen molar-refractivity contribution in [1.29, 1.82) is 0 Å². The highest BCUT2D eigenvalue weighted by Gasteiger charge is 2.29. The Hall–Kier alpha value is -4.38. The van der Waals surface area contributed by atoms with Gasteiger partial charge in [0, 0.05) is 12.6 Å². The lowest BCUT2D eigenvalue weighted by atomic mass is 10.1. The number of rotatable bonds is 10. The van der Waals surface area contributed by atoms with Gasteiger partial charge in [0.15, 0.2) is 0 Å². The van der Waals surface area contributed by atoms with Crippen molar-refractivity contribution in [3.8, 4) is 11.5 Å². The minimum atomic E-state index is -4.16. The van der Waals surface area contributed by atoms with Crippen molar-refractivity contribution in [3.05, 3.63) is 78.4 Å². The molecular formula is C26H28N4O6S. The van der Waals surface area contributed by atoms with Crippen LogP contribution in [0.3, 0.4) is 0 Å². The summed E-state index contributed by atoms with van der Waals surface area (Å²) in [6, 6.07) is 19.3. The SMILES string of the molecule is COc1ccc(S(=O)(=O)N(CC(=O)N/N=C(/C)c2ccc(NC(C)=O)cc2)c2ccccc2OC)cc1. The van der Waals surface area contributed by atoms with Gasteiger partial charge in [-0.3, -0.25) is 13.9 Å². The van der Waals surface area contributed by atoms with E-state index >= 15 is 0 Å². The van der Waals surface area contributed by atoms with Gasteiger partial charge in [0.2, 0.25) is 5.91 Å². The summed E-state index contributed by atoms with van der Waals surface area (Å²) in [6.07, 6.45) is 0. The molecule has 3 rings (SSSR count). The zero-order valence-corrected chi connectivity index (χ0v) is 21.7. The number of nitrogens with one attached hydrogen (secondary N) is 2. The maximum atomic E-state index is 13.6. The van der Waals surface area contributed by atoms with Crippen molar-refractivity contribution in [1.82, 2.24) is 5.43 Å². The first-order chi connectivity index (χ1) is 17.6. The van der Waals surface area contributed by atoms with Gasteiger partial charge in [-0.25, -0.2) is 13.8 Å². The van der Waals surface area contributed by atoms with Crippen LogP contribution in [-0.2, 0) is 19.6 Å². The average molecular weight is 525 g/mol. The van der Waals surface area contributed by atoms with Crippen molar-refractivity contribution in [2.75, 3.05) is 30.4 Å². The molecule has 0 fully saturated rings. The number of anilines is 2. The number of carbonyl (C=O) groups excluding carboxylic acids is 2. The summed E-state index contributed by atoms with van der Waals surface area (Å²) >= 11 is 0. The molecule has 3 aromatic rings. The van der Waals surface area contributed by atoms with Gasteiger partial charge in [-0.2, -0.15) is 5.10 Å². The lowest BCUT2D eigenvalue weighted by molar-refractivity contribution is -0.119. The van der Waals surface area contributed by atoms with Crippen LogP contribution < -0.4 is 24.5 Å². The van der Waals surface area contributed by atoms with Crippen LogP contribution in [-0.4, -0.2) is 46.7 Å². The predicted octanol–water partition coefficient (Wildman–Crippen LogP) is 3.40. The fourth-order valence-corrected chi connectivity index (χ4v) is 4.82. The first-order valence-corrected chi connectivity index (χ1v) is 12.6. The van der Waals surface area contributed by atoms with E-state index in [1.165, 1.54) is 45.4 Å². The number of sulfonamides is 1. The van der Waals surface area contributed by atoms with E-state index in [4.69, 9.17) is 9.47 Å². The standard InChI is InChI=1S/C26H28N4O6S/c1-18(20-9-11-21(12-10-20)27-19(2)31)28-29-26(32)17-30(24-7-5-6-8-25(24)36-4)37(33,34)23-15-13-22(35-3)14-16-23/h5-16H,17H2,1-4H3,(H,27,31)(H,29,32)/b28-18-. The third-order valence-corrected chi connectivity index (χ3v) is 7.03. The smallest absolute Gasteiger partial charge is 0.264 e. The lowest BCUT2D eigenvalue weighted by Gasteiger charge is -2.25. The van der Waals surface area contributed by atoms with Crippen LogP contribution in [0.1, 0.15) is 19.4 Å². The van der Waals surface area contributed by atoms with Gasteiger partial charge < -0.3 is 14.8 Å². The molecule has 0 aromatic heterocycles. The van der Waals surface area contributed by atoms with E-state index < -0.39 is 22.5 Å². The zero-order valence-electron chi connectivity index (χ0n) is 20.9. The first-order valence-electron chi connectivity index (χ1n) is 11.2. The molecule has 37 heavy (non-hydrogen) atoms. The molecule has 0 aliphatic rings. The molecule has 0 bridgehead atoms. The van der Waals surface area contributed by atoms with E-state index in [1.54, 1.807) is 55.5 Å². The number of hydrogen-bond donors (Lipinski definition) is 2. The topological polar surface area (TPSA) is 126 Å². The molecule has 0 aliphatic carbocycles. The molecule has 0 saturated carbocycles. The minimum absolute atomic E-state index is 0.0223. The van der Waals surface area contributed by atoms with Crippen LogP contribution in [0.4, 0.5) is 11.4 Å². The average Bonchev–Trinajstić information content (AvgIpc) is 2.90. The van der Waals surface area contributed by atoms with Gasteiger partial charge in [0.05, 0.1) is 30.5 Å². The molecule has 0 aliphatic heterocycles. The number of methoxy groups -OCH3 is 2. The maximum absolute atomic E-state index is 13.6. The molecule has 10 nitrogen and oxygen atoms in total. The fourth-order valence-electron chi connectivity index (χ4n) is 3.38. The first kappa shape index (κ1) is 27.2. The Morgan fingerprint density at radius 2 is 1.54 bits per heavy atom. The van der Waals surface area contributed by atoms with Crippen LogP contribution in [0.15, 0.2) is 82.8 Å². The highest BCUT2D eigenvalue weighted by atomic mass is 32.2. The molecule has 0 heterocycles. The largest absolute Gasteiger partial charge is 0.497 e. The van der Waals surface area contributed by atoms with E-state index in [0.29, 0.717) is 22.7 Å². The monoisotopic (exact) mass is 524 g/mol. The maximum Gasteiger partial charge on any atom is 0.264 e. The van der Waals surface area contributed by atoms with Gasteiger partial charge in [0.1, 0.15) is 18.0 Å². The van der Waals surface area contributed by atoms with E-state index in [0.717, 1.165) is 4.31 Å². The van der Waals surface area contributed by atoms with Crippen LogP contribution in [0.25, 0.3) is 0 Å². The number of amides is 2. The zero-order chi connectivity index (χ0) is 27.0. The van der Waals surface area contributed by atoms with Crippen molar-refractivity contribution >= 4 is 38.9 Å². The Morgan fingerprint density at radius 3 is 2.14 bits per heavy atom. The highest BCUT2D eigenvalue weighted by Crippen LogP contribution is 2.32. The van der Waals surface area contributed by atoms with Crippen LogP contribution >= 0.6 is 0 Å². The molecule has 2 N–H and O–H groups in total. The van der Waals surface area contributed by atoms with Gasteiger partial charge >= 0.3 is 0 Å². The second-order valence-electron chi connectivity index (χ2n) is 7.85. The molecule has 3 aromatic carbocycles. The number of nitrogens with zero attached hydrogens (tertiary/aromatic N) is 2. The molecule has 0 atom stereocenters. The molecule has 2 amide bonds. The summed E-state index contributed by atoms with van der Waals surface area (Å²) in [4.78, 5) is 24.0. The van der Waals surface area contributed by atoms with E-state index in [-0.39, 0.29) is 22.2 Å². The van der Waals surface area contributed by atoms with Gasteiger partial charge in [-0.1, -0.05) is 24.3 Å². The van der Waals surface area contributed by atoms with Crippen molar-refractivity contribution < 1.29 is 27.5 Å². The van der Waals surface area contributed by atoms with Gasteiger partial charge in [0.25, 0.3) is 15.9 Å². The molecular weight excluding hydrogens is 496 g/mol. The summed E-state index contributed by atoms with van der Waals surface area (Å²) in [5.74, 6) is -0.0615. The molecule has 0 radical (unpaired) electrons. The fraction of sp³-hybridized carbons (Fsp3) is 0.192. The second-order valence-corrected chi connectivity index (χ2v) is 9.71. The number of ether oxygens (including phenoxy) is 2. The third-order valence-electron chi connectivity index (χ3n) is 5.26. The summed E-state index contributed by atoms with van der Waals surface area (Å²) in [7, 11) is -1.26. The summed E-state index contributed by atoms with van der Waals surface area (Å²) < 4.78 is 38.6. The summed E-state index contributed by atoms with van der Waals surface area (Å²) in [5.41, 5.74) is 4.45. The molecule has 194 valence electrons.